The molecule has 0 aliphatic carbocycles. The molecule has 0 saturated carbocycles. The molecule has 0 heterocycles. The van der Waals surface area contributed by atoms with E-state index in [0.29, 0.717) is 0 Å². The lowest BCUT2D eigenvalue weighted by atomic mass is 9.81. The summed E-state index contributed by atoms with van der Waals surface area (Å²) in [6.07, 6.45) is 1.21. The summed E-state index contributed by atoms with van der Waals surface area (Å²) in [4.78, 5) is 2.12. The average molecular weight is 251 g/mol. The van der Waals surface area contributed by atoms with Crippen LogP contribution in [0.15, 0.2) is 24.3 Å². The van der Waals surface area contributed by atoms with Crippen LogP contribution in [-0.2, 0) is 0 Å². The van der Waals surface area contributed by atoms with Crippen LogP contribution in [0.2, 0.25) is 0 Å². The van der Waals surface area contributed by atoms with Crippen molar-refractivity contribution in [2.24, 2.45) is 0 Å². The highest BCUT2D eigenvalue weighted by Gasteiger charge is 2.38. The first kappa shape index (κ1) is 15.0. The molecule has 3 nitrogen and oxygen atoms in total. The minimum atomic E-state index is -0.557. The number of nitrogens with zero attached hydrogens (tertiary/aromatic N) is 1. The van der Waals surface area contributed by atoms with Crippen molar-refractivity contribution in [3.8, 4) is 5.75 Å². The molecule has 0 saturated heterocycles. The largest absolute Gasteiger partial charge is 0.496 e. The predicted octanol–water partition coefficient (Wildman–Crippen LogP) is 2.85. The van der Waals surface area contributed by atoms with E-state index in [2.05, 4.69) is 18.7 Å². The summed E-state index contributed by atoms with van der Waals surface area (Å²) >= 11 is 0. The number of methoxy groups -OCH3 is 1. The van der Waals surface area contributed by atoms with Gasteiger partial charge in [0.2, 0.25) is 0 Å². The molecule has 0 spiro atoms. The van der Waals surface area contributed by atoms with Crippen LogP contribution >= 0.6 is 0 Å². The van der Waals surface area contributed by atoms with Gasteiger partial charge in [0.1, 0.15) is 11.9 Å². The third kappa shape index (κ3) is 2.52. The fraction of sp³-hybridized carbons (Fsp3) is 0.600. The van der Waals surface area contributed by atoms with Crippen molar-refractivity contribution in [2.75, 3.05) is 21.2 Å². The quantitative estimate of drug-likeness (QED) is 0.844. The molecule has 1 aromatic carbocycles. The van der Waals surface area contributed by atoms with E-state index >= 15 is 0 Å². The molecule has 1 aromatic rings. The summed E-state index contributed by atoms with van der Waals surface area (Å²) < 4.78 is 5.35. The Labute approximate surface area is 110 Å². The van der Waals surface area contributed by atoms with Crippen molar-refractivity contribution in [2.45, 2.75) is 38.3 Å². The van der Waals surface area contributed by atoms with Gasteiger partial charge in [0.05, 0.1) is 12.6 Å². The molecular formula is C15H25NO2. The maximum Gasteiger partial charge on any atom is 0.124 e. The molecular weight excluding hydrogens is 226 g/mol. The third-order valence-corrected chi connectivity index (χ3v) is 4.06. The zero-order valence-corrected chi connectivity index (χ0v) is 12.1. The van der Waals surface area contributed by atoms with Crippen molar-refractivity contribution in [1.82, 2.24) is 4.90 Å². The van der Waals surface area contributed by atoms with Gasteiger partial charge in [-0.25, -0.2) is 0 Å². The molecule has 18 heavy (non-hydrogen) atoms. The Morgan fingerprint density at radius 1 is 1.22 bits per heavy atom. The molecule has 1 N–H and O–H groups in total. The van der Waals surface area contributed by atoms with E-state index in [1.165, 1.54) is 0 Å². The zero-order valence-electron chi connectivity index (χ0n) is 12.1. The predicted molar refractivity (Wildman–Crippen MR) is 75.0 cm³/mol. The number of hydrogen-bond acceptors (Lipinski definition) is 3. The van der Waals surface area contributed by atoms with Gasteiger partial charge in [-0.05, 0) is 33.0 Å². The Morgan fingerprint density at radius 2 is 1.78 bits per heavy atom. The molecule has 0 aliphatic heterocycles. The van der Waals surface area contributed by atoms with Gasteiger partial charge in [0.25, 0.3) is 0 Å². The van der Waals surface area contributed by atoms with Gasteiger partial charge in [0, 0.05) is 5.56 Å². The van der Waals surface area contributed by atoms with Crippen LogP contribution in [0.4, 0.5) is 0 Å². The minimum Gasteiger partial charge on any atom is -0.496 e. The monoisotopic (exact) mass is 251 g/mol. The van der Waals surface area contributed by atoms with Crippen molar-refractivity contribution >= 4 is 0 Å². The van der Waals surface area contributed by atoms with Gasteiger partial charge in [-0.1, -0.05) is 32.0 Å². The van der Waals surface area contributed by atoms with E-state index in [-0.39, 0.29) is 5.54 Å². The maximum atomic E-state index is 10.8. The Kier molecular flexibility index (Phi) is 5.17. The minimum absolute atomic E-state index is 0.255. The van der Waals surface area contributed by atoms with Crippen molar-refractivity contribution in [1.29, 1.82) is 0 Å². The molecule has 1 unspecified atom stereocenters. The van der Waals surface area contributed by atoms with Crippen LogP contribution in [0.3, 0.4) is 0 Å². The number of hydrogen-bond donors (Lipinski definition) is 1. The SMILES string of the molecule is CCC(CC)(C(O)c1ccccc1OC)N(C)C. The number of aliphatic hydroxyl groups is 1. The Balaban J connectivity index is 3.21. The average Bonchev–Trinajstić information content (AvgIpc) is 2.40. The van der Waals surface area contributed by atoms with E-state index in [9.17, 15) is 5.11 Å². The van der Waals surface area contributed by atoms with Crippen LogP contribution in [0.25, 0.3) is 0 Å². The number of para-hydroxylation sites is 1. The Morgan fingerprint density at radius 3 is 2.22 bits per heavy atom. The number of rotatable bonds is 6. The fourth-order valence-electron chi connectivity index (χ4n) is 2.70. The zero-order chi connectivity index (χ0) is 13.8. The first-order valence-electron chi connectivity index (χ1n) is 6.51. The number of aliphatic hydroxyl groups excluding tert-OH is 1. The molecule has 102 valence electrons. The van der Waals surface area contributed by atoms with E-state index in [1.807, 2.05) is 38.4 Å². The van der Waals surface area contributed by atoms with Crippen molar-refractivity contribution in [3.63, 3.8) is 0 Å². The topological polar surface area (TPSA) is 32.7 Å². The molecule has 0 fully saturated rings. The Hall–Kier alpha value is -1.06. The summed E-state index contributed by atoms with van der Waals surface area (Å²) in [5, 5.41) is 10.8. The summed E-state index contributed by atoms with van der Waals surface area (Å²) in [5.74, 6) is 0.748. The second-order valence-electron chi connectivity index (χ2n) is 4.85. The molecule has 1 atom stereocenters. The molecule has 0 aliphatic rings. The lowest BCUT2D eigenvalue weighted by molar-refractivity contribution is -0.0161. The van der Waals surface area contributed by atoms with Crippen molar-refractivity contribution in [3.05, 3.63) is 29.8 Å². The summed E-state index contributed by atoms with van der Waals surface area (Å²) in [6.45, 7) is 4.23. The molecule has 3 heteroatoms. The van der Waals surface area contributed by atoms with E-state index in [4.69, 9.17) is 4.74 Å². The summed E-state index contributed by atoms with van der Waals surface area (Å²) in [6, 6.07) is 7.69. The first-order valence-corrected chi connectivity index (χ1v) is 6.51. The highest BCUT2D eigenvalue weighted by Crippen LogP contribution is 2.39. The van der Waals surface area contributed by atoms with E-state index in [1.54, 1.807) is 7.11 Å². The molecule has 1 rings (SSSR count). The highest BCUT2D eigenvalue weighted by atomic mass is 16.5. The smallest absolute Gasteiger partial charge is 0.124 e. The lowest BCUT2D eigenvalue weighted by Crippen LogP contribution is -2.48. The van der Waals surface area contributed by atoms with Crippen LogP contribution in [0, 0.1) is 0 Å². The third-order valence-electron chi connectivity index (χ3n) is 4.06. The first-order chi connectivity index (χ1) is 8.53. The van der Waals surface area contributed by atoms with Gasteiger partial charge in [-0.2, -0.15) is 0 Å². The second-order valence-corrected chi connectivity index (χ2v) is 4.85. The van der Waals surface area contributed by atoms with Crippen molar-refractivity contribution < 1.29 is 9.84 Å². The van der Waals surface area contributed by atoms with Crippen LogP contribution in [0.1, 0.15) is 38.4 Å². The molecule has 0 aromatic heterocycles. The highest BCUT2D eigenvalue weighted by molar-refractivity contribution is 5.36. The van der Waals surface area contributed by atoms with Gasteiger partial charge in [-0.15, -0.1) is 0 Å². The molecule has 0 amide bonds. The maximum absolute atomic E-state index is 10.8. The van der Waals surface area contributed by atoms with Crippen LogP contribution in [-0.4, -0.2) is 36.8 Å². The lowest BCUT2D eigenvalue weighted by Gasteiger charge is -2.43. The molecule has 0 bridgehead atoms. The Bertz CT molecular complexity index is 373. The standard InChI is InChI=1S/C15H25NO2/c1-6-15(7-2,16(3)4)14(17)12-10-8-9-11-13(12)18-5/h8-11,14,17H,6-7H2,1-5H3. The van der Waals surface area contributed by atoms with Crippen LogP contribution in [0.5, 0.6) is 5.75 Å². The van der Waals surface area contributed by atoms with Gasteiger partial charge < -0.3 is 14.7 Å². The number of benzene rings is 1. The second kappa shape index (κ2) is 6.21. The fourth-order valence-corrected chi connectivity index (χ4v) is 2.70. The number of likely N-dealkylation sites (N-methyl/N-ethyl adjacent to an activating group) is 1. The molecule has 0 radical (unpaired) electrons. The van der Waals surface area contributed by atoms with E-state index in [0.717, 1.165) is 24.2 Å². The van der Waals surface area contributed by atoms with Gasteiger partial charge in [0.15, 0.2) is 0 Å². The van der Waals surface area contributed by atoms with Crippen LogP contribution < -0.4 is 4.74 Å². The van der Waals surface area contributed by atoms with Gasteiger partial charge in [-0.3, -0.25) is 0 Å². The van der Waals surface area contributed by atoms with Gasteiger partial charge >= 0.3 is 0 Å². The number of ether oxygens (including phenoxy) is 1. The normalized spacial score (nSPS) is 13.7. The summed E-state index contributed by atoms with van der Waals surface area (Å²) in [7, 11) is 5.68. The summed E-state index contributed by atoms with van der Waals surface area (Å²) in [5.41, 5.74) is 0.603. The van der Waals surface area contributed by atoms with E-state index < -0.39 is 6.10 Å².